The number of aliphatic carboxylic acids is 1. The van der Waals surface area contributed by atoms with Crippen LogP contribution < -0.4 is 5.32 Å². The molecule has 70 valence electrons. The molecule has 0 aliphatic rings. The highest BCUT2D eigenvalue weighted by atomic mass is 16.5. The molecule has 2 N–H and O–H groups in total. The lowest BCUT2D eigenvalue weighted by atomic mass is 10.6. The Kier molecular flexibility index (Phi) is 3.02. The topological polar surface area (TPSA) is 88.2 Å². The van der Waals surface area contributed by atoms with Crippen LogP contribution in [0.25, 0.3) is 0 Å². The van der Waals surface area contributed by atoms with Gasteiger partial charge in [0.15, 0.2) is 5.82 Å². The van der Waals surface area contributed by atoms with E-state index in [4.69, 9.17) is 9.63 Å². The minimum atomic E-state index is -1.01. The van der Waals surface area contributed by atoms with Gasteiger partial charge < -0.3 is 14.9 Å². The van der Waals surface area contributed by atoms with E-state index in [0.29, 0.717) is 18.3 Å². The molecule has 0 saturated carbocycles. The van der Waals surface area contributed by atoms with E-state index in [9.17, 15) is 4.79 Å². The van der Waals surface area contributed by atoms with E-state index in [1.807, 2.05) is 0 Å². The van der Waals surface area contributed by atoms with Gasteiger partial charge in [0.05, 0.1) is 6.54 Å². The van der Waals surface area contributed by atoms with Crippen molar-refractivity contribution in [2.45, 2.75) is 13.5 Å². The molecule has 1 rings (SSSR count). The van der Waals surface area contributed by atoms with Crippen LogP contribution in [0.1, 0.15) is 11.7 Å². The van der Waals surface area contributed by atoms with Crippen molar-refractivity contribution in [1.29, 1.82) is 0 Å². The largest absolute Gasteiger partial charge is 0.478 e. The van der Waals surface area contributed by atoms with Gasteiger partial charge in [-0.3, -0.25) is 0 Å². The molecule has 0 bridgehead atoms. The van der Waals surface area contributed by atoms with Crippen LogP contribution in [0.5, 0.6) is 0 Å². The predicted octanol–water partition coefficient (Wildman–Crippen LogP) is 0.0659. The Morgan fingerprint density at radius 2 is 2.54 bits per heavy atom. The van der Waals surface area contributed by atoms with Gasteiger partial charge in [0.25, 0.3) is 0 Å². The van der Waals surface area contributed by atoms with E-state index in [-0.39, 0.29) is 0 Å². The third kappa shape index (κ3) is 3.37. The van der Waals surface area contributed by atoms with Gasteiger partial charge in [0, 0.05) is 12.3 Å². The Bertz CT molecular complexity index is 319. The molecule has 0 fully saturated rings. The Labute approximate surface area is 74.3 Å². The summed E-state index contributed by atoms with van der Waals surface area (Å²) in [6.45, 7) is 2.03. The van der Waals surface area contributed by atoms with Gasteiger partial charge in [0.2, 0.25) is 5.89 Å². The highest BCUT2D eigenvalue weighted by Crippen LogP contribution is 1.93. The maximum Gasteiger partial charge on any atom is 0.329 e. The van der Waals surface area contributed by atoms with Gasteiger partial charge >= 0.3 is 5.97 Å². The third-order valence-electron chi connectivity index (χ3n) is 1.17. The summed E-state index contributed by atoms with van der Waals surface area (Å²) in [5.41, 5.74) is 0. The van der Waals surface area contributed by atoms with Crippen molar-refractivity contribution in [2.24, 2.45) is 0 Å². The second kappa shape index (κ2) is 4.24. The van der Waals surface area contributed by atoms with Gasteiger partial charge in [-0.2, -0.15) is 4.98 Å². The Morgan fingerprint density at radius 3 is 3.08 bits per heavy atom. The highest BCUT2D eigenvalue weighted by molar-refractivity contribution is 5.79. The molecule has 0 amide bonds. The van der Waals surface area contributed by atoms with Crippen LogP contribution in [0.4, 0.5) is 0 Å². The first-order chi connectivity index (χ1) is 6.18. The molecule has 1 aromatic rings. The van der Waals surface area contributed by atoms with Crippen molar-refractivity contribution in [2.75, 3.05) is 0 Å². The quantitative estimate of drug-likeness (QED) is 0.642. The van der Waals surface area contributed by atoms with Crippen LogP contribution in [0.15, 0.2) is 16.8 Å². The fourth-order valence-electron chi connectivity index (χ4n) is 0.688. The number of carboxylic acids is 1. The SMILES string of the molecule is Cc1noc(CN/C=C/C(=O)O)n1. The van der Waals surface area contributed by atoms with Crippen LogP contribution in [0.3, 0.4) is 0 Å². The first-order valence-corrected chi connectivity index (χ1v) is 3.60. The number of carbonyl (C=O) groups is 1. The van der Waals surface area contributed by atoms with E-state index in [0.717, 1.165) is 6.08 Å². The van der Waals surface area contributed by atoms with E-state index < -0.39 is 5.97 Å². The molecular weight excluding hydrogens is 174 g/mol. The van der Waals surface area contributed by atoms with Crippen LogP contribution in [-0.2, 0) is 11.3 Å². The maximum atomic E-state index is 10.0. The monoisotopic (exact) mass is 183 g/mol. The number of rotatable bonds is 4. The number of nitrogens with one attached hydrogen (secondary N) is 1. The zero-order valence-electron chi connectivity index (χ0n) is 7.02. The molecule has 0 aliphatic heterocycles. The number of aryl methyl sites for hydroxylation is 1. The second-order valence-corrected chi connectivity index (χ2v) is 2.29. The summed E-state index contributed by atoms with van der Waals surface area (Å²) in [7, 11) is 0. The van der Waals surface area contributed by atoms with Crippen molar-refractivity contribution in [3.8, 4) is 0 Å². The fraction of sp³-hybridized carbons (Fsp3) is 0.286. The lowest BCUT2D eigenvalue weighted by molar-refractivity contribution is -0.131. The number of nitrogens with zero attached hydrogens (tertiary/aromatic N) is 2. The van der Waals surface area contributed by atoms with E-state index >= 15 is 0 Å². The van der Waals surface area contributed by atoms with E-state index in [2.05, 4.69) is 15.5 Å². The molecule has 0 saturated heterocycles. The van der Waals surface area contributed by atoms with Crippen molar-refractivity contribution in [3.05, 3.63) is 24.0 Å². The van der Waals surface area contributed by atoms with Crippen LogP contribution >= 0.6 is 0 Å². The summed E-state index contributed by atoms with van der Waals surface area (Å²) in [5, 5.41) is 14.5. The number of aromatic nitrogens is 2. The molecule has 1 aromatic heterocycles. The normalized spacial score (nSPS) is 10.5. The average Bonchev–Trinajstić information content (AvgIpc) is 2.45. The highest BCUT2D eigenvalue weighted by Gasteiger charge is 1.99. The lowest BCUT2D eigenvalue weighted by Crippen LogP contribution is -2.05. The molecule has 13 heavy (non-hydrogen) atoms. The van der Waals surface area contributed by atoms with Gasteiger partial charge in [0.1, 0.15) is 0 Å². The van der Waals surface area contributed by atoms with Crippen LogP contribution in [0.2, 0.25) is 0 Å². The number of hydrogen-bond acceptors (Lipinski definition) is 5. The zero-order chi connectivity index (χ0) is 9.68. The Balaban J connectivity index is 2.31. The minimum absolute atomic E-state index is 0.324. The molecule has 0 aromatic carbocycles. The summed E-state index contributed by atoms with van der Waals surface area (Å²) >= 11 is 0. The first kappa shape index (κ1) is 9.24. The molecule has 0 radical (unpaired) electrons. The van der Waals surface area contributed by atoms with Gasteiger partial charge in [-0.25, -0.2) is 4.79 Å². The molecule has 0 aliphatic carbocycles. The second-order valence-electron chi connectivity index (χ2n) is 2.29. The zero-order valence-corrected chi connectivity index (χ0v) is 7.02. The molecule has 0 atom stereocenters. The van der Waals surface area contributed by atoms with Crippen molar-refractivity contribution >= 4 is 5.97 Å². The number of hydrogen-bond donors (Lipinski definition) is 2. The maximum absolute atomic E-state index is 10.0. The molecular formula is C7H9N3O3. The summed E-state index contributed by atoms with van der Waals surface area (Å²) in [6, 6.07) is 0. The minimum Gasteiger partial charge on any atom is -0.478 e. The fourth-order valence-corrected chi connectivity index (χ4v) is 0.688. The van der Waals surface area contributed by atoms with E-state index in [1.165, 1.54) is 6.20 Å². The third-order valence-corrected chi connectivity index (χ3v) is 1.17. The summed E-state index contributed by atoms with van der Waals surface area (Å²) < 4.78 is 4.77. The molecule has 1 heterocycles. The van der Waals surface area contributed by atoms with Gasteiger partial charge in [-0.1, -0.05) is 5.16 Å². The molecule has 6 nitrogen and oxygen atoms in total. The Hall–Kier alpha value is -1.85. The lowest BCUT2D eigenvalue weighted by Gasteiger charge is -1.91. The smallest absolute Gasteiger partial charge is 0.329 e. The first-order valence-electron chi connectivity index (χ1n) is 3.60. The standard InChI is InChI=1S/C7H9N3O3/c1-5-9-6(13-10-5)4-8-3-2-7(11)12/h2-3,8H,4H2,1H3,(H,11,12)/b3-2+. The summed E-state index contributed by atoms with van der Waals surface area (Å²) in [4.78, 5) is 13.9. The average molecular weight is 183 g/mol. The van der Waals surface area contributed by atoms with Crippen molar-refractivity contribution in [1.82, 2.24) is 15.5 Å². The van der Waals surface area contributed by atoms with Crippen molar-refractivity contribution < 1.29 is 14.4 Å². The summed E-state index contributed by atoms with van der Waals surface area (Å²) in [5.74, 6) is -0.0271. The van der Waals surface area contributed by atoms with Gasteiger partial charge in [-0.15, -0.1) is 0 Å². The van der Waals surface area contributed by atoms with Crippen LogP contribution in [0, 0.1) is 6.92 Å². The van der Waals surface area contributed by atoms with Gasteiger partial charge in [-0.05, 0) is 6.92 Å². The summed E-state index contributed by atoms with van der Waals surface area (Å²) in [6.07, 6.45) is 2.30. The Morgan fingerprint density at radius 1 is 1.77 bits per heavy atom. The number of carboxylic acid groups (broad SMARTS) is 1. The molecule has 6 heteroatoms. The molecule has 0 unspecified atom stereocenters. The van der Waals surface area contributed by atoms with Crippen LogP contribution in [-0.4, -0.2) is 21.2 Å². The van der Waals surface area contributed by atoms with E-state index in [1.54, 1.807) is 6.92 Å². The predicted molar refractivity (Wildman–Crippen MR) is 42.7 cm³/mol. The van der Waals surface area contributed by atoms with Crippen molar-refractivity contribution in [3.63, 3.8) is 0 Å². The molecule has 0 spiro atoms.